The van der Waals surface area contributed by atoms with Gasteiger partial charge in [0, 0.05) is 19.2 Å². The Morgan fingerprint density at radius 1 is 1.44 bits per heavy atom. The highest BCUT2D eigenvalue weighted by Gasteiger charge is 2.18. The number of hydrogen-bond donors (Lipinski definition) is 1. The number of aromatic hydroxyl groups is 1. The molecule has 0 aliphatic carbocycles. The zero-order valence-electron chi connectivity index (χ0n) is 11.4. The minimum Gasteiger partial charge on any atom is -0.507 e. The number of ether oxygens (including phenoxy) is 1. The van der Waals surface area contributed by atoms with Crippen molar-refractivity contribution in [2.24, 2.45) is 5.92 Å². The third-order valence-electron chi connectivity index (χ3n) is 2.69. The molecule has 0 fully saturated rings. The molecule has 0 bridgehead atoms. The van der Waals surface area contributed by atoms with E-state index in [-0.39, 0.29) is 11.7 Å². The summed E-state index contributed by atoms with van der Waals surface area (Å²) >= 11 is 0. The van der Waals surface area contributed by atoms with E-state index in [1.165, 1.54) is 13.2 Å². The van der Waals surface area contributed by atoms with Crippen LogP contribution in [0, 0.1) is 5.92 Å². The van der Waals surface area contributed by atoms with Gasteiger partial charge in [0.1, 0.15) is 11.5 Å². The summed E-state index contributed by atoms with van der Waals surface area (Å²) in [6.45, 7) is 7.36. The number of methoxy groups -OCH3 is 1. The zero-order valence-corrected chi connectivity index (χ0v) is 11.4. The number of carbonyl (C=O) groups is 1. The molecule has 0 unspecified atom stereocenters. The van der Waals surface area contributed by atoms with Crippen LogP contribution in [0.3, 0.4) is 0 Å². The van der Waals surface area contributed by atoms with Crippen molar-refractivity contribution in [3.8, 4) is 11.5 Å². The molecule has 0 radical (unpaired) electrons. The topological polar surface area (TPSA) is 49.8 Å². The molecule has 0 saturated heterocycles. The highest BCUT2D eigenvalue weighted by Crippen LogP contribution is 2.24. The van der Waals surface area contributed by atoms with E-state index < -0.39 is 0 Å². The highest BCUT2D eigenvalue weighted by atomic mass is 16.5. The van der Waals surface area contributed by atoms with Crippen LogP contribution in [0.5, 0.6) is 11.5 Å². The number of phenols is 1. The van der Waals surface area contributed by atoms with Crippen molar-refractivity contribution in [1.82, 2.24) is 4.90 Å². The molecule has 0 saturated carbocycles. The highest BCUT2D eigenvalue weighted by molar-refractivity contribution is 5.97. The molecule has 0 aliphatic heterocycles. The number of benzene rings is 1. The van der Waals surface area contributed by atoms with Gasteiger partial charge < -0.3 is 14.7 Å². The summed E-state index contributed by atoms with van der Waals surface area (Å²) in [7, 11) is 1.52. The first kappa shape index (κ1) is 14.4. The zero-order chi connectivity index (χ0) is 13.7. The smallest absolute Gasteiger partial charge is 0.257 e. The Hall–Kier alpha value is -1.71. The van der Waals surface area contributed by atoms with Gasteiger partial charge in [0.25, 0.3) is 5.91 Å². The molecule has 18 heavy (non-hydrogen) atoms. The maximum atomic E-state index is 12.3. The van der Waals surface area contributed by atoms with Crippen LogP contribution in [0.25, 0.3) is 0 Å². The van der Waals surface area contributed by atoms with Crippen molar-refractivity contribution in [2.45, 2.75) is 20.8 Å². The maximum Gasteiger partial charge on any atom is 0.257 e. The van der Waals surface area contributed by atoms with E-state index in [0.717, 1.165) is 0 Å². The van der Waals surface area contributed by atoms with Gasteiger partial charge in [-0.15, -0.1) is 0 Å². The second kappa shape index (κ2) is 6.28. The summed E-state index contributed by atoms with van der Waals surface area (Å²) in [5.74, 6) is 0.748. The molecule has 1 N–H and O–H groups in total. The third kappa shape index (κ3) is 3.39. The number of nitrogens with zero attached hydrogens (tertiary/aromatic N) is 1. The van der Waals surface area contributed by atoms with E-state index in [0.29, 0.717) is 30.3 Å². The Morgan fingerprint density at radius 2 is 2.11 bits per heavy atom. The van der Waals surface area contributed by atoms with Gasteiger partial charge in [0.15, 0.2) is 0 Å². The largest absolute Gasteiger partial charge is 0.507 e. The van der Waals surface area contributed by atoms with Gasteiger partial charge in [-0.05, 0) is 25.0 Å². The number of amides is 1. The molecule has 4 heteroatoms. The Kier molecular flexibility index (Phi) is 5.01. The van der Waals surface area contributed by atoms with E-state index in [2.05, 4.69) is 13.8 Å². The molecule has 1 rings (SSSR count). The number of rotatable bonds is 5. The molecule has 1 aromatic carbocycles. The SMILES string of the molecule is CCN(CC(C)C)C(=O)c1ccc(OC)cc1O. The molecule has 0 aromatic heterocycles. The van der Waals surface area contributed by atoms with Crippen LogP contribution in [-0.2, 0) is 0 Å². The fraction of sp³-hybridized carbons (Fsp3) is 0.500. The summed E-state index contributed by atoms with van der Waals surface area (Å²) in [5, 5.41) is 9.84. The standard InChI is InChI=1S/C14H21NO3/c1-5-15(9-10(2)3)14(17)12-7-6-11(18-4)8-13(12)16/h6-8,10,16H,5,9H2,1-4H3. The van der Waals surface area contributed by atoms with E-state index in [9.17, 15) is 9.90 Å². The van der Waals surface area contributed by atoms with Gasteiger partial charge in [-0.3, -0.25) is 4.79 Å². The molecule has 0 atom stereocenters. The van der Waals surface area contributed by atoms with Gasteiger partial charge >= 0.3 is 0 Å². The van der Waals surface area contributed by atoms with E-state index in [1.54, 1.807) is 17.0 Å². The van der Waals surface area contributed by atoms with Gasteiger partial charge in [-0.2, -0.15) is 0 Å². The van der Waals surface area contributed by atoms with Crippen molar-refractivity contribution in [1.29, 1.82) is 0 Å². The van der Waals surface area contributed by atoms with Crippen molar-refractivity contribution >= 4 is 5.91 Å². The fourth-order valence-electron chi connectivity index (χ4n) is 1.79. The van der Waals surface area contributed by atoms with Crippen LogP contribution in [0.4, 0.5) is 0 Å². The summed E-state index contributed by atoms with van der Waals surface area (Å²) in [5.41, 5.74) is 0.318. The second-order valence-electron chi connectivity index (χ2n) is 4.62. The minimum atomic E-state index is -0.147. The lowest BCUT2D eigenvalue weighted by atomic mass is 10.1. The first-order chi connectivity index (χ1) is 8.49. The lowest BCUT2D eigenvalue weighted by Gasteiger charge is -2.23. The maximum absolute atomic E-state index is 12.3. The number of phenolic OH excluding ortho intramolecular Hbond substituents is 1. The Balaban J connectivity index is 2.94. The molecule has 100 valence electrons. The Bertz CT molecular complexity index is 416. The molecular weight excluding hydrogens is 230 g/mol. The monoisotopic (exact) mass is 251 g/mol. The number of hydrogen-bond acceptors (Lipinski definition) is 3. The summed E-state index contributed by atoms with van der Waals surface area (Å²) in [6.07, 6.45) is 0. The van der Waals surface area contributed by atoms with Crippen LogP contribution in [0.15, 0.2) is 18.2 Å². The van der Waals surface area contributed by atoms with Crippen molar-refractivity contribution < 1.29 is 14.6 Å². The summed E-state index contributed by atoms with van der Waals surface area (Å²) in [6, 6.07) is 4.73. The molecule has 1 amide bonds. The minimum absolute atomic E-state index is 0.0402. The van der Waals surface area contributed by atoms with Gasteiger partial charge in [0.05, 0.1) is 12.7 Å². The van der Waals surface area contributed by atoms with Crippen LogP contribution in [0.2, 0.25) is 0 Å². The molecular formula is C14H21NO3. The van der Waals surface area contributed by atoms with Crippen LogP contribution in [-0.4, -0.2) is 36.1 Å². The third-order valence-corrected chi connectivity index (χ3v) is 2.69. The molecule has 0 spiro atoms. The normalized spacial score (nSPS) is 10.5. The second-order valence-corrected chi connectivity index (χ2v) is 4.62. The average Bonchev–Trinajstić information content (AvgIpc) is 2.34. The van der Waals surface area contributed by atoms with Crippen molar-refractivity contribution in [3.63, 3.8) is 0 Å². The first-order valence-corrected chi connectivity index (χ1v) is 6.15. The molecule has 4 nitrogen and oxygen atoms in total. The molecule has 0 aliphatic rings. The molecule has 1 aromatic rings. The lowest BCUT2D eigenvalue weighted by molar-refractivity contribution is 0.0742. The van der Waals surface area contributed by atoms with Crippen LogP contribution >= 0.6 is 0 Å². The van der Waals surface area contributed by atoms with E-state index >= 15 is 0 Å². The molecule has 0 heterocycles. The van der Waals surface area contributed by atoms with Crippen molar-refractivity contribution in [2.75, 3.05) is 20.2 Å². The quantitative estimate of drug-likeness (QED) is 0.874. The fourth-order valence-corrected chi connectivity index (χ4v) is 1.79. The summed E-state index contributed by atoms with van der Waals surface area (Å²) in [4.78, 5) is 14.0. The Morgan fingerprint density at radius 3 is 2.56 bits per heavy atom. The predicted molar refractivity (Wildman–Crippen MR) is 71.1 cm³/mol. The lowest BCUT2D eigenvalue weighted by Crippen LogP contribution is -2.34. The predicted octanol–water partition coefficient (Wildman–Crippen LogP) is 2.52. The summed E-state index contributed by atoms with van der Waals surface area (Å²) < 4.78 is 5.00. The number of carbonyl (C=O) groups excluding carboxylic acids is 1. The van der Waals surface area contributed by atoms with Crippen molar-refractivity contribution in [3.05, 3.63) is 23.8 Å². The van der Waals surface area contributed by atoms with Gasteiger partial charge in [-0.25, -0.2) is 0 Å². The Labute approximate surface area is 108 Å². The first-order valence-electron chi connectivity index (χ1n) is 6.15. The van der Waals surface area contributed by atoms with Gasteiger partial charge in [-0.1, -0.05) is 13.8 Å². The average molecular weight is 251 g/mol. The van der Waals surface area contributed by atoms with E-state index in [1.807, 2.05) is 6.92 Å². The van der Waals surface area contributed by atoms with Crippen LogP contribution in [0.1, 0.15) is 31.1 Å². The van der Waals surface area contributed by atoms with Crippen LogP contribution < -0.4 is 4.74 Å². The van der Waals surface area contributed by atoms with Gasteiger partial charge in [0.2, 0.25) is 0 Å². The van der Waals surface area contributed by atoms with E-state index in [4.69, 9.17) is 4.74 Å².